The van der Waals surface area contributed by atoms with E-state index in [2.05, 4.69) is 10.3 Å². The van der Waals surface area contributed by atoms with Crippen molar-refractivity contribution in [1.82, 2.24) is 9.55 Å². The second-order valence-corrected chi connectivity index (χ2v) is 6.54. The Balaban J connectivity index is 2.02. The van der Waals surface area contributed by atoms with Crippen LogP contribution in [0.3, 0.4) is 0 Å². The van der Waals surface area contributed by atoms with Crippen LogP contribution in [0.25, 0.3) is 11.0 Å². The van der Waals surface area contributed by atoms with Gasteiger partial charge in [-0.25, -0.2) is 4.98 Å². The van der Waals surface area contributed by atoms with Crippen LogP contribution in [0.4, 0.5) is 5.95 Å². The molecule has 1 aliphatic rings. The Morgan fingerprint density at radius 2 is 1.93 bits per heavy atom. The first-order valence-corrected chi connectivity index (χ1v) is 9.26. The number of hydrogen-bond acceptors (Lipinski definition) is 6. The van der Waals surface area contributed by atoms with E-state index in [4.69, 9.17) is 14.2 Å². The molecule has 1 aliphatic heterocycles. The number of benzene rings is 2. The highest BCUT2D eigenvalue weighted by atomic mass is 16.5. The molecule has 150 valence electrons. The molecular weight excluding hydrogens is 374 g/mol. The molecule has 1 amide bonds. The quantitative estimate of drug-likeness (QED) is 0.528. The third-order valence-corrected chi connectivity index (χ3v) is 5.00. The monoisotopic (exact) mass is 395 g/mol. The van der Waals surface area contributed by atoms with Gasteiger partial charge in [0, 0.05) is 5.56 Å². The zero-order valence-corrected chi connectivity index (χ0v) is 16.3. The van der Waals surface area contributed by atoms with Crippen LogP contribution < -0.4 is 14.8 Å². The van der Waals surface area contributed by atoms with Crippen molar-refractivity contribution in [3.8, 4) is 11.5 Å². The number of nitrogens with one attached hydrogen (secondary N) is 1. The Morgan fingerprint density at radius 1 is 1.14 bits per heavy atom. The number of carbonyl (C=O) groups is 2. The van der Waals surface area contributed by atoms with Crippen molar-refractivity contribution in [2.45, 2.75) is 13.0 Å². The molecule has 0 fully saturated rings. The van der Waals surface area contributed by atoms with Crippen LogP contribution >= 0.6 is 0 Å². The SMILES string of the molecule is CCOC(=O)[C@H]1C(=O)Nc2nc3ccccc3n2[C@@H]1c1cccc(OC)c1OC. The first kappa shape index (κ1) is 18.8. The van der Waals surface area contributed by atoms with Crippen LogP contribution in [0, 0.1) is 5.92 Å². The van der Waals surface area contributed by atoms with Crippen LogP contribution in [0.15, 0.2) is 42.5 Å². The molecule has 8 nitrogen and oxygen atoms in total. The van der Waals surface area contributed by atoms with Gasteiger partial charge in [-0.05, 0) is 25.1 Å². The molecule has 8 heteroatoms. The summed E-state index contributed by atoms with van der Waals surface area (Å²) in [6.45, 7) is 1.87. The predicted octanol–water partition coefficient (Wildman–Crippen LogP) is 2.77. The number of anilines is 1. The lowest BCUT2D eigenvalue weighted by molar-refractivity contribution is -0.152. The Morgan fingerprint density at radius 3 is 2.66 bits per heavy atom. The molecule has 0 bridgehead atoms. The van der Waals surface area contributed by atoms with Crippen molar-refractivity contribution in [3.63, 3.8) is 0 Å². The summed E-state index contributed by atoms with van der Waals surface area (Å²) in [4.78, 5) is 30.3. The molecule has 0 spiro atoms. The molecule has 0 saturated heterocycles. The van der Waals surface area contributed by atoms with Crippen LogP contribution in [-0.2, 0) is 14.3 Å². The Kier molecular flexibility index (Phi) is 4.84. The van der Waals surface area contributed by atoms with Gasteiger partial charge in [-0.3, -0.25) is 14.9 Å². The topological polar surface area (TPSA) is 91.7 Å². The summed E-state index contributed by atoms with van der Waals surface area (Å²) >= 11 is 0. The highest BCUT2D eigenvalue weighted by Gasteiger charge is 2.45. The lowest BCUT2D eigenvalue weighted by Crippen LogP contribution is -2.43. The van der Waals surface area contributed by atoms with E-state index in [9.17, 15) is 9.59 Å². The number of esters is 1. The lowest BCUT2D eigenvalue weighted by Gasteiger charge is -2.33. The second-order valence-electron chi connectivity index (χ2n) is 6.54. The number of carbonyl (C=O) groups excluding carboxylic acids is 2. The molecule has 3 aromatic rings. The number of fused-ring (bicyclic) bond motifs is 3. The fourth-order valence-electron chi connectivity index (χ4n) is 3.83. The van der Waals surface area contributed by atoms with Crippen molar-refractivity contribution in [2.75, 3.05) is 26.1 Å². The zero-order chi connectivity index (χ0) is 20.5. The highest BCUT2D eigenvalue weighted by Crippen LogP contribution is 2.44. The standard InChI is InChI=1S/C21H21N3O5/c1-4-29-20(26)16-17(12-8-7-11-15(27-2)18(12)28-3)24-14-10-6-5-9-13(14)22-21(24)23-19(16)25/h5-11,16-17H,4H2,1-3H3,(H,22,23,25)/t16-,17-/m1/s1. The van der Waals surface area contributed by atoms with Gasteiger partial charge in [0.25, 0.3) is 0 Å². The van der Waals surface area contributed by atoms with E-state index < -0.39 is 23.8 Å². The number of para-hydroxylation sites is 3. The van der Waals surface area contributed by atoms with Gasteiger partial charge < -0.3 is 18.8 Å². The molecule has 29 heavy (non-hydrogen) atoms. The van der Waals surface area contributed by atoms with Crippen LogP contribution in [-0.4, -0.2) is 42.3 Å². The van der Waals surface area contributed by atoms with E-state index in [1.807, 2.05) is 34.9 Å². The molecule has 2 heterocycles. The molecule has 0 aliphatic carbocycles. The Bertz CT molecular complexity index is 1090. The Hall–Kier alpha value is -3.55. The number of methoxy groups -OCH3 is 2. The smallest absolute Gasteiger partial charge is 0.321 e. The molecule has 0 saturated carbocycles. The second kappa shape index (κ2) is 7.46. The molecule has 1 N–H and O–H groups in total. The fourth-order valence-corrected chi connectivity index (χ4v) is 3.83. The summed E-state index contributed by atoms with van der Waals surface area (Å²) in [5.41, 5.74) is 2.12. The number of rotatable bonds is 5. The number of hydrogen-bond donors (Lipinski definition) is 1. The minimum atomic E-state index is -1.11. The minimum Gasteiger partial charge on any atom is -0.493 e. The maximum Gasteiger partial charge on any atom is 0.321 e. The number of imidazole rings is 1. The average molecular weight is 395 g/mol. The number of nitrogens with zero attached hydrogens (tertiary/aromatic N) is 2. The molecular formula is C21H21N3O5. The van der Waals surface area contributed by atoms with Gasteiger partial charge in [-0.2, -0.15) is 0 Å². The summed E-state index contributed by atoms with van der Waals surface area (Å²) in [7, 11) is 3.06. The van der Waals surface area contributed by atoms with E-state index in [0.29, 0.717) is 28.5 Å². The van der Waals surface area contributed by atoms with Crippen LogP contribution in [0.1, 0.15) is 18.5 Å². The number of aromatic nitrogens is 2. The largest absolute Gasteiger partial charge is 0.493 e. The van der Waals surface area contributed by atoms with E-state index in [1.54, 1.807) is 19.1 Å². The van der Waals surface area contributed by atoms with Crippen molar-refractivity contribution < 1.29 is 23.8 Å². The first-order chi connectivity index (χ1) is 14.1. The van der Waals surface area contributed by atoms with Crippen LogP contribution in [0.2, 0.25) is 0 Å². The fraction of sp³-hybridized carbons (Fsp3) is 0.286. The van der Waals surface area contributed by atoms with E-state index in [-0.39, 0.29) is 6.61 Å². The van der Waals surface area contributed by atoms with Gasteiger partial charge >= 0.3 is 5.97 Å². The summed E-state index contributed by atoms with van der Waals surface area (Å²) in [6, 6.07) is 12.2. The van der Waals surface area contributed by atoms with Crippen molar-refractivity contribution >= 4 is 28.9 Å². The van der Waals surface area contributed by atoms with Gasteiger partial charge in [0.15, 0.2) is 17.4 Å². The van der Waals surface area contributed by atoms with Gasteiger partial charge in [0.2, 0.25) is 11.9 Å². The van der Waals surface area contributed by atoms with Crippen LogP contribution in [0.5, 0.6) is 11.5 Å². The first-order valence-electron chi connectivity index (χ1n) is 9.26. The van der Waals surface area contributed by atoms with Crippen molar-refractivity contribution in [1.29, 1.82) is 0 Å². The molecule has 4 rings (SSSR count). The minimum absolute atomic E-state index is 0.169. The Labute approximate surface area is 167 Å². The molecule has 1 aromatic heterocycles. The van der Waals surface area contributed by atoms with Gasteiger partial charge in [0.1, 0.15) is 0 Å². The van der Waals surface area contributed by atoms with Crippen molar-refractivity contribution in [2.24, 2.45) is 5.92 Å². The zero-order valence-electron chi connectivity index (χ0n) is 16.3. The van der Waals surface area contributed by atoms with E-state index in [0.717, 1.165) is 5.52 Å². The molecule has 0 unspecified atom stereocenters. The maximum atomic E-state index is 13.0. The van der Waals surface area contributed by atoms with Gasteiger partial charge in [-0.15, -0.1) is 0 Å². The maximum absolute atomic E-state index is 13.0. The average Bonchev–Trinajstić information content (AvgIpc) is 3.09. The summed E-state index contributed by atoms with van der Waals surface area (Å²) in [5, 5.41) is 2.74. The summed E-state index contributed by atoms with van der Waals surface area (Å²) in [5.74, 6) is -0.866. The summed E-state index contributed by atoms with van der Waals surface area (Å²) < 4.78 is 18.1. The molecule has 2 atom stereocenters. The third kappa shape index (κ3) is 2.97. The molecule has 0 radical (unpaired) electrons. The van der Waals surface area contributed by atoms with E-state index >= 15 is 0 Å². The molecule has 2 aromatic carbocycles. The predicted molar refractivity (Wildman–Crippen MR) is 106 cm³/mol. The van der Waals surface area contributed by atoms with Crippen molar-refractivity contribution in [3.05, 3.63) is 48.0 Å². The normalized spacial score (nSPS) is 18.1. The number of ether oxygens (including phenoxy) is 3. The summed E-state index contributed by atoms with van der Waals surface area (Å²) in [6.07, 6.45) is 0. The third-order valence-electron chi connectivity index (χ3n) is 5.00. The lowest BCUT2D eigenvalue weighted by atomic mass is 9.89. The van der Waals surface area contributed by atoms with Gasteiger partial charge in [0.05, 0.1) is 37.9 Å². The van der Waals surface area contributed by atoms with Gasteiger partial charge in [-0.1, -0.05) is 24.3 Å². The highest BCUT2D eigenvalue weighted by molar-refractivity contribution is 6.07. The number of amides is 1. The van der Waals surface area contributed by atoms with E-state index in [1.165, 1.54) is 14.2 Å².